The Morgan fingerprint density at radius 2 is 1.95 bits per heavy atom. The van der Waals surface area contributed by atoms with Crippen LogP contribution >= 0.6 is 11.3 Å². The van der Waals surface area contributed by atoms with Gasteiger partial charge in [0.15, 0.2) is 0 Å². The highest BCUT2D eigenvalue weighted by molar-refractivity contribution is 7.20. The number of aromatic nitrogens is 1. The van der Waals surface area contributed by atoms with Gasteiger partial charge in [-0.25, -0.2) is 9.78 Å². The molecule has 100 valence electrons. The molecule has 0 saturated heterocycles. The van der Waals surface area contributed by atoms with E-state index >= 15 is 0 Å². The van der Waals surface area contributed by atoms with E-state index in [-0.39, 0.29) is 11.7 Å². The number of rotatable bonds is 2. The molecule has 2 heterocycles. The van der Waals surface area contributed by atoms with Crippen LogP contribution in [0.5, 0.6) is 5.75 Å². The maximum atomic E-state index is 11.5. The van der Waals surface area contributed by atoms with Crippen LogP contribution in [0.2, 0.25) is 0 Å². The summed E-state index contributed by atoms with van der Waals surface area (Å²) in [6.45, 7) is 0. The van der Waals surface area contributed by atoms with Gasteiger partial charge in [0.05, 0.1) is 23.0 Å². The molecule has 0 spiro atoms. The SMILES string of the molecule is COC(=O)c1cc2nc(-c3ccc(O)cc3)ccc2s1. The molecule has 2 aromatic heterocycles. The number of hydrogen-bond donors (Lipinski definition) is 1. The van der Waals surface area contributed by atoms with Crippen molar-refractivity contribution in [2.24, 2.45) is 0 Å². The summed E-state index contributed by atoms with van der Waals surface area (Å²) in [5.74, 6) is -0.127. The number of aromatic hydroxyl groups is 1. The van der Waals surface area contributed by atoms with Crippen LogP contribution in [-0.2, 0) is 4.74 Å². The molecule has 1 N–H and O–H groups in total. The minimum atomic E-state index is -0.348. The number of benzene rings is 1. The van der Waals surface area contributed by atoms with Gasteiger partial charge in [-0.1, -0.05) is 0 Å². The minimum absolute atomic E-state index is 0.221. The van der Waals surface area contributed by atoms with Gasteiger partial charge in [0.1, 0.15) is 10.6 Å². The zero-order valence-corrected chi connectivity index (χ0v) is 11.5. The van der Waals surface area contributed by atoms with Gasteiger partial charge >= 0.3 is 5.97 Å². The van der Waals surface area contributed by atoms with Crippen molar-refractivity contribution in [1.29, 1.82) is 0 Å². The highest BCUT2D eigenvalue weighted by atomic mass is 32.1. The Kier molecular flexibility index (Phi) is 3.12. The Bertz CT molecular complexity index is 777. The first-order valence-corrected chi connectivity index (χ1v) is 6.77. The molecule has 0 aliphatic carbocycles. The van der Waals surface area contributed by atoms with E-state index < -0.39 is 0 Å². The van der Waals surface area contributed by atoms with Crippen molar-refractivity contribution < 1.29 is 14.6 Å². The third-order valence-electron chi connectivity index (χ3n) is 2.92. The van der Waals surface area contributed by atoms with Crippen LogP contribution in [0.1, 0.15) is 9.67 Å². The van der Waals surface area contributed by atoms with Gasteiger partial charge in [-0.2, -0.15) is 0 Å². The Hall–Kier alpha value is -2.40. The van der Waals surface area contributed by atoms with Gasteiger partial charge in [-0.05, 0) is 42.5 Å². The summed E-state index contributed by atoms with van der Waals surface area (Å²) in [4.78, 5) is 16.6. The number of hydrogen-bond acceptors (Lipinski definition) is 5. The molecule has 0 aliphatic rings. The Morgan fingerprint density at radius 3 is 2.65 bits per heavy atom. The molecule has 3 aromatic rings. The van der Waals surface area contributed by atoms with Crippen LogP contribution in [0.25, 0.3) is 21.5 Å². The molecule has 5 heteroatoms. The molecule has 0 fully saturated rings. The quantitative estimate of drug-likeness (QED) is 0.733. The van der Waals surface area contributed by atoms with E-state index in [4.69, 9.17) is 4.74 Å². The smallest absolute Gasteiger partial charge is 0.348 e. The number of methoxy groups -OCH3 is 1. The van der Waals surface area contributed by atoms with Crippen LogP contribution < -0.4 is 0 Å². The number of thiophene rings is 1. The van der Waals surface area contributed by atoms with Crippen molar-refractivity contribution in [3.8, 4) is 17.0 Å². The molecule has 0 radical (unpaired) electrons. The van der Waals surface area contributed by atoms with Gasteiger partial charge in [0, 0.05) is 5.56 Å². The van der Waals surface area contributed by atoms with Gasteiger partial charge < -0.3 is 9.84 Å². The molecule has 3 rings (SSSR count). The van der Waals surface area contributed by atoms with E-state index in [9.17, 15) is 9.90 Å². The van der Waals surface area contributed by atoms with E-state index in [1.54, 1.807) is 30.3 Å². The van der Waals surface area contributed by atoms with Crippen molar-refractivity contribution in [3.63, 3.8) is 0 Å². The van der Waals surface area contributed by atoms with E-state index in [2.05, 4.69) is 4.98 Å². The first-order chi connectivity index (χ1) is 9.67. The second kappa shape index (κ2) is 4.94. The van der Waals surface area contributed by atoms with Gasteiger partial charge in [0.2, 0.25) is 0 Å². The molecule has 20 heavy (non-hydrogen) atoms. The number of carbonyl (C=O) groups excluding carboxylic acids is 1. The third kappa shape index (κ3) is 2.23. The van der Waals surface area contributed by atoms with Crippen LogP contribution in [0.4, 0.5) is 0 Å². The van der Waals surface area contributed by atoms with Gasteiger partial charge in [0.25, 0.3) is 0 Å². The summed E-state index contributed by atoms with van der Waals surface area (Å²) in [6.07, 6.45) is 0. The zero-order valence-electron chi connectivity index (χ0n) is 10.7. The zero-order chi connectivity index (χ0) is 14.1. The Balaban J connectivity index is 2.06. The number of phenolic OH excluding ortho intramolecular Hbond substituents is 1. The summed E-state index contributed by atoms with van der Waals surface area (Å²) < 4.78 is 5.65. The number of nitrogens with zero attached hydrogens (tertiary/aromatic N) is 1. The van der Waals surface area contributed by atoms with Crippen LogP contribution in [0, 0.1) is 0 Å². The average molecular weight is 285 g/mol. The van der Waals surface area contributed by atoms with E-state index in [0.29, 0.717) is 4.88 Å². The summed E-state index contributed by atoms with van der Waals surface area (Å²) in [5, 5.41) is 9.30. The highest BCUT2D eigenvalue weighted by Crippen LogP contribution is 2.28. The number of esters is 1. The Morgan fingerprint density at radius 1 is 1.20 bits per heavy atom. The lowest BCUT2D eigenvalue weighted by molar-refractivity contribution is 0.0606. The molecule has 0 unspecified atom stereocenters. The number of carbonyl (C=O) groups is 1. The topological polar surface area (TPSA) is 59.4 Å². The molecule has 4 nitrogen and oxygen atoms in total. The lowest BCUT2D eigenvalue weighted by Gasteiger charge is -2.00. The van der Waals surface area contributed by atoms with Crippen molar-refractivity contribution in [3.05, 3.63) is 47.3 Å². The Labute approximate surface area is 119 Å². The number of pyridine rings is 1. The van der Waals surface area contributed by atoms with Gasteiger partial charge in [-0.3, -0.25) is 0 Å². The van der Waals surface area contributed by atoms with Crippen molar-refractivity contribution in [2.75, 3.05) is 7.11 Å². The highest BCUT2D eigenvalue weighted by Gasteiger charge is 2.11. The average Bonchev–Trinajstić information content (AvgIpc) is 2.90. The summed E-state index contributed by atoms with van der Waals surface area (Å²) in [7, 11) is 1.36. The van der Waals surface area contributed by atoms with Gasteiger partial charge in [-0.15, -0.1) is 11.3 Å². The van der Waals surface area contributed by atoms with Crippen molar-refractivity contribution >= 4 is 27.5 Å². The predicted molar refractivity (Wildman–Crippen MR) is 78.1 cm³/mol. The van der Waals surface area contributed by atoms with E-state index in [0.717, 1.165) is 21.5 Å². The largest absolute Gasteiger partial charge is 0.508 e. The minimum Gasteiger partial charge on any atom is -0.508 e. The molecule has 0 aliphatic heterocycles. The predicted octanol–water partition coefficient (Wildman–Crippen LogP) is 3.46. The van der Waals surface area contributed by atoms with E-state index in [1.807, 2.05) is 12.1 Å². The molecule has 0 atom stereocenters. The first-order valence-electron chi connectivity index (χ1n) is 5.95. The summed E-state index contributed by atoms with van der Waals surface area (Å²) in [6, 6.07) is 12.4. The monoisotopic (exact) mass is 285 g/mol. The van der Waals surface area contributed by atoms with Crippen molar-refractivity contribution in [1.82, 2.24) is 4.98 Å². The second-order valence-electron chi connectivity index (χ2n) is 4.23. The molecule has 0 amide bonds. The maximum Gasteiger partial charge on any atom is 0.348 e. The van der Waals surface area contributed by atoms with Crippen LogP contribution in [0.15, 0.2) is 42.5 Å². The fraction of sp³-hybridized carbons (Fsp3) is 0.0667. The number of phenols is 1. The lowest BCUT2D eigenvalue weighted by atomic mass is 10.1. The maximum absolute atomic E-state index is 11.5. The van der Waals surface area contributed by atoms with Crippen LogP contribution in [0.3, 0.4) is 0 Å². The summed E-state index contributed by atoms with van der Waals surface area (Å²) >= 11 is 1.36. The fourth-order valence-electron chi connectivity index (χ4n) is 1.92. The first kappa shape index (κ1) is 12.6. The molecule has 0 saturated carbocycles. The lowest BCUT2D eigenvalue weighted by Crippen LogP contribution is -1.96. The van der Waals surface area contributed by atoms with E-state index in [1.165, 1.54) is 18.4 Å². The standard InChI is InChI=1S/C15H11NO3S/c1-19-15(18)14-8-12-13(20-14)7-6-11(16-12)9-2-4-10(17)5-3-9/h2-8,17H,1H3. The van der Waals surface area contributed by atoms with Crippen LogP contribution in [-0.4, -0.2) is 23.2 Å². The molecular formula is C15H11NO3S. The van der Waals surface area contributed by atoms with Crippen molar-refractivity contribution in [2.45, 2.75) is 0 Å². The summed E-state index contributed by atoms with van der Waals surface area (Å²) in [5.41, 5.74) is 2.48. The number of ether oxygens (including phenoxy) is 1. The number of fused-ring (bicyclic) bond motifs is 1. The normalized spacial score (nSPS) is 10.7. The third-order valence-corrected chi connectivity index (χ3v) is 3.99. The molecule has 1 aromatic carbocycles. The molecular weight excluding hydrogens is 274 g/mol. The fourth-order valence-corrected chi connectivity index (χ4v) is 2.84. The second-order valence-corrected chi connectivity index (χ2v) is 5.31. The molecule has 0 bridgehead atoms.